The second-order valence-electron chi connectivity index (χ2n) is 10.2. The number of aromatic nitrogens is 2. The van der Waals surface area contributed by atoms with Gasteiger partial charge in [0.2, 0.25) is 0 Å². The first-order valence-electron chi connectivity index (χ1n) is 12.0. The molecule has 3 aromatic rings. The zero-order valence-corrected chi connectivity index (χ0v) is 21.4. The van der Waals surface area contributed by atoms with Crippen molar-refractivity contribution in [3.8, 4) is 22.8 Å². The second kappa shape index (κ2) is 9.23. The van der Waals surface area contributed by atoms with Gasteiger partial charge in [0.15, 0.2) is 11.6 Å². The number of amides is 1. The summed E-state index contributed by atoms with van der Waals surface area (Å²) in [6, 6.07) is 7.04. The number of nitrogens with one attached hydrogen (secondary N) is 2. The summed E-state index contributed by atoms with van der Waals surface area (Å²) in [6.45, 7) is 6.72. The number of benzene rings is 1. The van der Waals surface area contributed by atoms with E-state index in [1.807, 2.05) is 0 Å². The maximum absolute atomic E-state index is 15.3. The molecule has 0 saturated carbocycles. The van der Waals surface area contributed by atoms with Crippen LogP contribution in [0.15, 0.2) is 30.3 Å². The number of halogens is 2. The van der Waals surface area contributed by atoms with Crippen molar-refractivity contribution < 1.29 is 27.8 Å². The fraction of sp³-hybridized carbons (Fsp3) is 0.333. The topological polar surface area (TPSA) is 114 Å². The first-order chi connectivity index (χ1) is 18.0. The van der Waals surface area contributed by atoms with Crippen LogP contribution in [0.1, 0.15) is 43.5 Å². The van der Waals surface area contributed by atoms with E-state index < -0.39 is 23.3 Å². The first-order valence-corrected chi connectivity index (χ1v) is 12.0. The summed E-state index contributed by atoms with van der Waals surface area (Å²) in [7, 11) is 0. The van der Waals surface area contributed by atoms with Gasteiger partial charge in [-0.1, -0.05) is 0 Å². The van der Waals surface area contributed by atoms with Crippen LogP contribution in [0.5, 0.6) is 11.5 Å². The smallest absolute Gasteiger partial charge is 0.416 e. The van der Waals surface area contributed by atoms with Gasteiger partial charge in [0.05, 0.1) is 43.4 Å². The molecule has 0 unspecified atom stereocenters. The zero-order valence-electron chi connectivity index (χ0n) is 21.4. The lowest BCUT2D eigenvalue weighted by atomic mass is 9.95. The van der Waals surface area contributed by atoms with E-state index in [-0.39, 0.29) is 59.6 Å². The summed E-state index contributed by atoms with van der Waals surface area (Å²) in [5, 5.41) is 17.0. The molecule has 2 N–H and O–H groups in total. The molecule has 5 rings (SSSR count). The minimum Gasteiger partial charge on any atom is -0.493 e. The van der Waals surface area contributed by atoms with Crippen LogP contribution in [-0.2, 0) is 11.3 Å². The minimum absolute atomic E-state index is 0.0275. The molecule has 1 amide bonds. The van der Waals surface area contributed by atoms with E-state index in [9.17, 15) is 9.18 Å². The molecule has 11 heteroatoms. The Morgan fingerprint density at radius 2 is 1.82 bits per heavy atom. The van der Waals surface area contributed by atoms with E-state index in [2.05, 4.69) is 4.98 Å². The number of carbonyl (C=O) groups is 1. The van der Waals surface area contributed by atoms with Gasteiger partial charge in [0.1, 0.15) is 28.5 Å². The zero-order chi connectivity index (χ0) is 27.4. The highest BCUT2D eigenvalue weighted by Crippen LogP contribution is 2.42. The van der Waals surface area contributed by atoms with Crippen molar-refractivity contribution in [3.63, 3.8) is 0 Å². The molecular weight excluding hydrogens is 496 g/mol. The van der Waals surface area contributed by atoms with Crippen LogP contribution in [0.25, 0.3) is 11.3 Å². The van der Waals surface area contributed by atoms with Crippen molar-refractivity contribution in [1.29, 1.82) is 10.8 Å². The number of hydrogen-bond acceptors (Lipinski definition) is 7. The van der Waals surface area contributed by atoms with Crippen LogP contribution in [0, 0.1) is 29.4 Å². The number of carbonyl (C=O) groups excluding carboxylic acids is 1. The minimum atomic E-state index is -0.881. The highest BCUT2D eigenvalue weighted by Gasteiger charge is 2.37. The molecule has 1 atom stereocenters. The average Bonchev–Trinajstić information content (AvgIpc) is 3.28. The quantitative estimate of drug-likeness (QED) is 0.367. The number of ether oxygens (including phenoxy) is 3. The molecular formula is C27H27F2N5O4. The van der Waals surface area contributed by atoms with Gasteiger partial charge in [0, 0.05) is 16.7 Å². The van der Waals surface area contributed by atoms with E-state index in [1.54, 1.807) is 26.8 Å². The maximum atomic E-state index is 15.3. The Hall–Kier alpha value is -4.28. The van der Waals surface area contributed by atoms with Gasteiger partial charge < -0.3 is 14.2 Å². The number of aryl methyl sites for hydroxylation is 1. The predicted octanol–water partition coefficient (Wildman–Crippen LogP) is 4.88. The van der Waals surface area contributed by atoms with Gasteiger partial charge in [-0.05, 0) is 58.0 Å². The van der Waals surface area contributed by atoms with E-state index >= 15 is 4.39 Å². The fourth-order valence-corrected chi connectivity index (χ4v) is 4.65. The molecule has 0 spiro atoms. The summed E-state index contributed by atoms with van der Waals surface area (Å²) in [5.74, 6) is -0.646. The fourth-order valence-electron chi connectivity index (χ4n) is 4.65. The van der Waals surface area contributed by atoms with Crippen molar-refractivity contribution in [2.45, 2.75) is 45.8 Å². The van der Waals surface area contributed by atoms with Crippen LogP contribution in [0.4, 0.5) is 19.4 Å². The van der Waals surface area contributed by atoms with Gasteiger partial charge in [-0.2, -0.15) is 0 Å². The summed E-state index contributed by atoms with van der Waals surface area (Å²) in [5.41, 5.74) is 0.463. The maximum Gasteiger partial charge on any atom is 0.416 e. The normalized spacial score (nSPS) is 16.3. The van der Waals surface area contributed by atoms with Gasteiger partial charge in [-0.25, -0.2) is 18.6 Å². The highest BCUT2D eigenvalue weighted by molar-refractivity contribution is 5.91. The summed E-state index contributed by atoms with van der Waals surface area (Å²) < 4.78 is 48.0. The molecule has 9 nitrogen and oxygen atoms in total. The standard InChI is InChI=1S/C27H27F2N5O4/c1-14-18(28)5-7-20(32-14)16-9-22-25(34(13-30)24(16)31)33(26(35)38-27(2,3)4)10-17-19(29)6-8-21-23(17)15(11-36-21)12-37-22/h5-9,13,15,30-31H,10-12H2,1-4H3/t15-/m1/s1. The molecule has 0 radical (unpaired) electrons. The lowest BCUT2D eigenvalue weighted by molar-refractivity contribution is 0.0574. The Morgan fingerprint density at radius 1 is 1.13 bits per heavy atom. The molecule has 4 heterocycles. The third kappa shape index (κ3) is 4.37. The lowest BCUT2D eigenvalue weighted by Gasteiger charge is -2.30. The second-order valence-corrected chi connectivity index (χ2v) is 10.2. The van der Waals surface area contributed by atoms with Crippen LogP contribution in [-0.4, -0.2) is 40.8 Å². The molecule has 0 bridgehead atoms. The molecule has 38 heavy (non-hydrogen) atoms. The van der Waals surface area contributed by atoms with E-state index in [0.717, 1.165) is 15.8 Å². The number of anilines is 1. The highest BCUT2D eigenvalue weighted by atomic mass is 19.1. The molecule has 198 valence electrons. The molecule has 0 fully saturated rings. The Kier molecular flexibility index (Phi) is 6.16. The van der Waals surface area contributed by atoms with Crippen molar-refractivity contribution in [2.75, 3.05) is 18.1 Å². The van der Waals surface area contributed by atoms with Crippen molar-refractivity contribution >= 4 is 18.2 Å². The van der Waals surface area contributed by atoms with Gasteiger partial charge >= 0.3 is 6.09 Å². The Balaban J connectivity index is 1.77. The third-order valence-electron chi connectivity index (χ3n) is 6.38. The van der Waals surface area contributed by atoms with Crippen molar-refractivity contribution in [1.82, 2.24) is 9.55 Å². The number of fused-ring (bicyclic) bond motifs is 1. The van der Waals surface area contributed by atoms with Crippen LogP contribution < -0.4 is 19.9 Å². The largest absolute Gasteiger partial charge is 0.493 e. The Bertz CT molecular complexity index is 1530. The van der Waals surface area contributed by atoms with Crippen LogP contribution in [0.2, 0.25) is 0 Å². The number of hydrogen-bond donors (Lipinski definition) is 2. The molecule has 0 saturated heterocycles. The summed E-state index contributed by atoms with van der Waals surface area (Å²) in [6.07, 6.45) is 0.0509. The van der Waals surface area contributed by atoms with Gasteiger partial charge in [0.25, 0.3) is 0 Å². The summed E-state index contributed by atoms with van der Waals surface area (Å²) >= 11 is 0. The van der Waals surface area contributed by atoms with Crippen molar-refractivity contribution in [2.24, 2.45) is 0 Å². The lowest BCUT2D eigenvalue weighted by Crippen LogP contribution is -2.40. The van der Waals surface area contributed by atoms with Crippen LogP contribution in [0.3, 0.4) is 0 Å². The van der Waals surface area contributed by atoms with Crippen LogP contribution >= 0.6 is 0 Å². The summed E-state index contributed by atoms with van der Waals surface area (Å²) in [4.78, 5) is 19.0. The van der Waals surface area contributed by atoms with Crippen molar-refractivity contribution in [3.05, 3.63) is 64.3 Å². The first kappa shape index (κ1) is 25.4. The average molecular weight is 524 g/mol. The predicted molar refractivity (Wildman–Crippen MR) is 135 cm³/mol. The van der Waals surface area contributed by atoms with E-state index in [0.29, 0.717) is 17.0 Å². The SMILES string of the molecule is Cc1nc(-c2cc3c(n(C=N)c2=N)N(C(=O)OC(C)(C)C)Cc2c(F)ccc4c2[C@H](CO4)CO3)ccc1F. The van der Waals surface area contributed by atoms with Gasteiger partial charge in [-0.3, -0.25) is 20.3 Å². The number of rotatable bonds is 2. The number of pyridine rings is 2. The Morgan fingerprint density at radius 3 is 2.47 bits per heavy atom. The van der Waals surface area contributed by atoms with E-state index in [4.69, 9.17) is 25.0 Å². The van der Waals surface area contributed by atoms with E-state index in [1.165, 1.54) is 31.2 Å². The molecule has 2 aliphatic heterocycles. The number of nitrogens with zero attached hydrogens (tertiary/aromatic N) is 3. The van der Waals surface area contributed by atoms with Gasteiger partial charge in [-0.15, -0.1) is 0 Å². The molecule has 2 aromatic heterocycles. The third-order valence-corrected chi connectivity index (χ3v) is 6.38. The molecule has 2 aliphatic rings. The monoisotopic (exact) mass is 523 g/mol. The Labute approximate surface area is 217 Å². The molecule has 1 aromatic carbocycles. The molecule has 0 aliphatic carbocycles.